The van der Waals surface area contributed by atoms with Crippen molar-refractivity contribution < 1.29 is 14.3 Å². The summed E-state index contributed by atoms with van der Waals surface area (Å²) in [6, 6.07) is 4.09. The van der Waals surface area contributed by atoms with Gasteiger partial charge in [0.15, 0.2) is 0 Å². The molecule has 0 aromatic heterocycles. The van der Waals surface area contributed by atoms with Gasteiger partial charge in [0.05, 0.1) is 17.3 Å². The fourth-order valence-electron chi connectivity index (χ4n) is 2.18. The number of methoxy groups -OCH3 is 1. The molecule has 22 heavy (non-hydrogen) atoms. The molecule has 0 aliphatic heterocycles. The summed E-state index contributed by atoms with van der Waals surface area (Å²) in [7, 11) is 1.69. The van der Waals surface area contributed by atoms with Crippen LogP contribution in [-0.4, -0.2) is 19.5 Å². The standard InChI is InChI=1S/C18H27IO3/c1-12(2)9-14-10-18(21-5)15(19)11-17(14)22-8-6-7-16(20)13(3)4/h10-13H,6-9H2,1-5H3. The molecule has 0 spiro atoms. The molecular weight excluding hydrogens is 391 g/mol. The van der Waals surface area contributed by atoms with Gasteiger partial charge in [-0.2, -0.15) is 0 Å². The predicted molar refractivity (Wildman–Crippen MR) is 98.8 cm³/mol. The fourth-order valence-corrected chi connectivity index (χ4v) is 2.84. The van der Waals surface area contributed by atoms with E-state index in [9.17, 15) is 4.79 Å². The first-order chi connectivity index (χ1) is 10.3. The Morgan fingerprint density at radius 1 is 1.18 bits per heavy atom. The Morgan fingerprint density at radius 3 is 2.41 bits per heavy atom. The smallest absolute Gasteiger partial charge is 0.135 e. The minimum Gasteiger partial charge on any atom is -0.496 e. The number of hydrogen-bond donors (Lipinski definition) is 0. The third-order valence-corrected chi connectivity index (χ3v) is 4.28. The second kappa shape index (κ2) is 9.38. The summed E-state index contributed by atoms with van der Waals surface area (Å²) in [5.41, 5.74) is 1.17. The number of Topliss-reactive ketones (excluding diaryl/α,β-unsaturated/α-hetero) is 1. The molecule has 0 N–H and O–H groups in total. The van der Waals surface area contributed by atoms with Gasteiger partial charge in [-0.25, -0.2) is 0 Å². The lowest BCUT2D eigenvalue weighted by Crippen LogP contribution is -2.10. The molecule has 1 aromatic carbocycles. The molecule has 0 aliphatic rings. The van der Waals surface area contributed by atoms with Gasteiger partial charge < -0.3 is 9.47 Å². The van der Waals surface area contributed by atoms with Gasteiger partial charge in [-0.1, -0.05) is 27.7 Å². The summed E-state index contributed by atoms with van der Waals surface area (Å²) in [5, 5.41) is 0. The van der Waals surface area contributed by atoms with Gasteiger partial charge in [-0.3, -0.25) is 4.79 Å². The Bertz CT molecular complexity index is 495. The van der Waals surface area contributed by atoms with E-state index in [0.717, 1.165) is 27.9 Å². The highest BCUT2D eigenvalue weighted by atomic mass is 127. The van der Waals surface area contributed by atoms with Crippen LogP contribution in [0.3, 0.4) is 0 Å². The molecule has 0 fully saturated rings. The lowest BCUT2D eigenvalue weighted by molar-refractivity contribution is -0.122. The summed E-state index contributed by atoms with van der Waals surface area (Å²) in [4.78, 5) is 11.6. The Balaban J connectivity index is 2.71. The predicted octanol–water partition coefficient (Wildman–Crippen LogP) is 4.88. The van der Waals surface area contributed by atoms with Gasteiger partial charge in [-0.15, -0.1) is 0 Å². The highest BCUT2D eigenvalue weighted by molar-refractivity contribution is 14.1. The molecule has 0 atom stereocenters. The lowest BCUT2D eigenvalue weighted by atomic mass is 10.0. The number of benzene rings is 1. The van der Waals surface area contributed by atoms with Crippen LogP contribution >= 0.6 is 22.6 Å². The number of ether oxygens (including phenoxy) is 2. The van der Waals surface area contributed by atoms with E-state index in [1.807, 2.05) is 19.9 Å². The second-order valence-corrected chi connectivity index (χ2v) is 7.43. The first-order valence-electron chi connectivity index (χ1n) is 7.87. The highest BCUT2D eigenvalue weighted by Crippen LogP contribution is 2.31. The van der Waals surface area contributed by atoms with Crippen LogP contribution in [0.5, 0.6) is 11.5 Å². The maximum absolute atomic E-state index is 11.6. The van der Waals surface area contributed by atoms with E-state index in [1.165, 1.54) is 5.56 Å². The zero-order valence-electron chi connectivity index (χ0n) is 14.2. The van der Waals surface area contributed by atoms with Crippen molar-refractivity contribution >= 4 is 28.4 Å². The van der Waals surface area contributed by atoms with E-state index in [4.69, 9.17) is 9.47 Å². The summed E-state index contributed by atoms with van der Waals surface area (Å²) < 4.78 is 12.4. The Morgan fingerprint density at radius 2 is 1.86 bits per heavy atom. The monoisotopic (exact) mass is 418 g/mol. The average molecular weight is 418 g/mol. The molecule has 0 saturated heterocycles. The summed E-state index contributed by atoms with van der Waals surface area (Å²) >= 11 is 2.26. The molecule has 0 radical (unpaired) electrons. The van der Waals surface area contributed by atoms with Crippen molar-refractivity contribution in [2.45, 2.75) is 47.0 Å². The summed E-state index contributed by atoms with van der Waals surface area (Å²) in [6.07, 6.45) is 2.30. The fraction of sp³-hybridized carbons (Fsp3) is 0.611. The van der Waals surface area contributed by atoms with Crippen molar-refractivity contribution in [3.05, 3.63) is 21.3 Å². The van der Waals surface area contributed by atoms with Gasteiger partial charge in [0.2, 0.25) is 0 Å². The van der Waals surface area contributed by atoms with Gasteiger partial charge in [-0.05, 0) is 59.0 Å². The minimum absolute atomic E-state index is 0.110. The molecule has 0 bridgehead atoms. The van der Waals surface area contributed by atoms with Crippen LogP contribution in [0.2, 0.25) is 0 Å². The van der Waals surface area contributed by atoms with Crippen molar-refractivity contribution in [2.75, 3.05) is 13.7 Å². The van der Waals surface area contributed by atoms with Gasteiger partial charge in [0.1, 0.15) is 17.3 Å². The van der Waals surface area contributed by atoms with Crippen LogP contribution in [0.25, 0.3) is 0 Å². The Hall–Kier alpha value is -0.780. The molecule has 0 aliphatic carbocycles. The quantitative estimate of drug-likeness (QED) is 0.424. The molecule has 4 heteroatoms. The molecule has 124 valence electrons. The van der Waals surface area contributed by atoms with Crippen LogP contribution < -0.4 is 9.47 Å². The van der Waals surface area contributed by atoms with Gasteiger partial charge in [0.25, 0.3) is 0 Å². The number of carbonyl (C=O) groups excluding carboxylic acids is 1. The maximum Gasteiger partial charge on any atom is 0.135 e. The molecule has 0 saturated carbocycles. The number of rotatable bonds is 9. The third kappa shape index (κ3) is 6.15. The molecule has 0 amide bonds. The van der Waals surface area contributed by atoms with E-state index in [2.05, 4.69) is 42.5 Å². The molecular formula is C18H27IO3. The first kappa shape index (κ1) is 19.3. The largest absolute Gasteiger partial charge is 0.496 e. The van der Waals surface area contributed by atoms with Crippen molar-refractivity contribution in [3.63, 3.8) is 0 Å². The van der Waals surface area contributed by atoms with Crippen molar-refractivity contribution in [2.24, 2.45) is 11.8 Å². The third-order valence-electron chi connectivity index (χ3n) is 3.43. The number of halogens is 1. The SMILES string of the molecule is COc1cc(CC(C)C)c(OCCCC(=O)C(C)C)cc1I. The summed E-state index contributed by atoms with van der Waals surface area (Å²) in [6.45, 7) is 8.84. The van der Waals surface area contributed by atoms with E-state index in [-0.39, 0.29) is 5.92 Å². The number of hydrogen-bond acceptors (Lipinski definition) is 3. The molecule has 0 heterocycles. The van der Waals surface area contributed by atoms with Crippen molar-refractivity contribution in [3.8, 4) is 11.5 Å². The van der Waals surface area contributed by atoms with Gasteiger partial charge >= 0.3 is 0 Å². The average Bonchev–Trinajstić information content (AvgIpc) is 2.44. The number of ketones is 1. The molecule has 0 unspecified atom stereocenters. The first-order valence-corrected chi connectivity index (χ1v) is 8.95. The minimum atomic E-state index is 0.110. The van der Waals surface area contributed by atoms with Crippen LogP contribution in [0.15, 0.2) is 12.1 Å². The van der Waals surface area contributed by atoms with Crippen LogP contribution in [-0.2, 0) is 11.2 Å². The normalized spacial score (nSPS) is 11.1. The van der Waals surface area contributed by atoms with E-state index in [1.54, 1.807) is 7.11 Å². The second-order valence-electron chi connectivity index (χ2n) is 6.27. The lowest BCUT2D eigenvalue weighted by Gasteiger charge is -2.16. The zero-order valence-corrected chi connectivity index (χ0v) is 16.4. The summed E-state index contributed by atoms with van der Waals surface area (Å²) in [5.74, 6) is 2.76. The van der Waals surface area contributed by atoms with E-state index in [0.29, 0.717) is 24.7 Å². The molecule has 3 nitrogen and oxygen atoms in total. The number of carbonyl (C=O) groups is 1. The molecule has 1 aromatic rings. The van der Waals surface area contributed by atoms with E-state index < -0.39 is 0 Å². The van der Waals surface area contributed by atoms with Crippen LogP contribution in [0.4, 0.5) is 0 Å². The van der Waals surface area contributed by atoms with Crippen LogP contribution in [0.1, 0.15) is 46.1 Å². The Kier molecular flexibility index (Phi) is 8.21. The highest BCUT2D eigenvalue weighted by Gasteiger charge is 2.12. The van der Waals surface area contributed by atoms with Crippen LogP contribution in [0, 0.1) is 15.4 Å². The van der Waals surface area contributed by atoms with E-state index >= 15 is 0 Å². The topological polar surface area (TPSA) is 35.5 Å². The maximum atomic E-state index is 11.6. The molecule has 1 rings (SSSR count). The van der Waals surface area contributed by atoms with Gasteiger partial charge in [0, 0.05) is 12.3 Å². The van der Waals surface area contributed by atoms with Crippen molar-refractivity contribution in [1.29, 1.82) is 0 Å². The Labute approximate surface area is 147 Å². The zero-order chi connectivity index (χ0) is 16.7. The van der Waals surface area contributed by atoms with Crippen molar-refractivity contribution in [1.82, 2.24) is 0 Å².